The summed E-state index contributed by atoms with van der Waals surface area (Å²) in [5, 5.41) is 4.67. The Balaban J connectivity index is 2.28. The zero-order valence-electron chi connectivity index (χ0n) is 8.94. The van der Waals surface area contributed by atoms with Crippen LogP contribution in [0.3, 0.4) is 0 Å². The van der Waals surface area contributed by atoms with Gasteiger partial charge >= 0.3 is 0 Å². The average Bonchev–Trinajstić information content (AvgIpc) is 2.78. The van der Waals surface area contributed by atoms with Crippen LogP contribution in [-0.2, 0) is 5.33 Å². The van der Waals surface area contributed by atoms with Gasteiger partial charge in [0.25, 0.3) is 0 Å². The Morgan fingerprint density at radius 2 is 2.25 bits per heavy atom. The van der Waals surface area contributed by atoms with Crippen LogP contribution in [0.15, 0.2) is 34.9 Å². The van der Waals surface area contributed by atoms with Gasteiger partial charge in [-0.05, 0) is 19.1 Å². The molecule has 0 amide bonds. The smallest absolute Gasteiger partial charge is 0.147 e. The largest absolute Gasteiger partial charge is 0.494 e. The van der Waals surface area contributed by atoms with Crippen LogP contribution in [0.1, 0.15) is 12.7 Å². The normalized spacial score (nSPS) is 10.4. The minimum atomic E-state index is 0.662. The van der Waals surface area contributed by atoms with Crippen LogP contribution in [0.25, 0.3) is 11.3 Å². The molecule has 0 fully saturated rings. The molecule has 0 aliphatic rings. The molecular weight excluding hydrogens is 270 g/mol. The highest BCUT2D eigenvalue weighted by atomic mass is 79.9. The third kappa shape index (κ3) is 2.44. The van der Waals surface area contributed by atoms with Gasteiger partial charge in [0.2, 0.25) is 0 Å². The number of alkyl halides is 1. The Hall–Kier alpha value is -1.29. The summed E-state index contributed by atoms with van der Waals surface area (Å²) >= 11 is 3.32. The van der Waals surface area contributed by atoms with E-state index in [0.717, 1.165) is 22.8 Å². The summed E-state index contributed by atoms with van der Waals surface area (Å²) in [6.07, 6.45) is 0. The van der Waals surface area contributed by atoms with Crippen molar-refractivity contribution < 1.29 is 9.26 Å². The zero-order chi connectivity index (χ0) is 11.4. The number of hydrogen-bond donors (Lipinski definition) is 0. The first-order valence-corrected chi connectivity index (χ1v) is 6.20. The lowest BCUT2D eigenvalue weighted by molar-refractivity contribution is 0.340. The van der Waals surface area contributed by atoms with Gasteiger partial charge in [0, 0.05) is 11.6 Å². The van der Waals surface area contributed by atoms with Gasteiger partial charge in [-0.2, -0.15) is 0 Å². The van der Waals surface area contributed by atoms with E-state index < -0.39 is 0 Å². The zero-order valence-corrected chi connectivity index (χ0v) is 10.5. The summed E-state index contributed by atoms with van der Waals surface area (Å²) in [5.41, 5.74) is 1.83. The van der Waals surface area contributed by atoms with Crippen molar-refractivity contribution in [1.82, 2.24) is 5.16 Å². The number of aromatic nitrogens is 1. The molecule has 0 saturated carbocycles. The molecule has 0 unspecified atom stereocenters. The number of hydrogen-bond acceptors (Lipinski definition) is 3. The Morgan fingerprint density at radius 3 is 2.94 bits per heavy atom. The van der Waals surface area contributed by atoms with E-state index in [1.807, 2.05) is 37.3 Å². The van der Waals surface area contributed by atoms with Crippen molar-refractivity contribution >= 4 is 15.9 Å². The van der Waals surface area contributed by atoms with Crippen molar-refractivity contribution in [2.75, 3.05) is 6.61 Å². The van der Waals surface area contributed by atoms with Crippen LogP contribution in [0.2, 0.25) is 0 Å². The predicted octanol–water partition coefficient (Wildman–Crippen LogP) is 3.64. The van der Waals surface area contributed by atoms with Gasteiger partial charge in [-0.3, -0.25) is 0 Å². The summed E-state index contributed by atoms with van der Waals surface area (Å²) in [6.45, 7) is 2.63. The Kier molecular flexibility index (Phi) is 3.62. The molecule has 0 radical (unpaired) electrons. The van der Waals surface area contributed by atoms with Crippen LogP contribution in [0.4, 0.5) is 0 Å². The molecule has 2 aromatic rings. The van der Waals surface area contributed by atoms with E-state index in [0.29, 0.717) is 11.9 Å². The molecular formula is C12H12BrNO2. The molecule has 1 aromatic heterocycles. The summed E-state index contributed by atoms with van der Waals surface area (Å²) in [7, 11) is 0. The lowest BCUT2D eigenvalue weighted by Gasteiger charge is -2.03. The summed E-state index contributed by atoms with van der Waals surface area (Å²) < 4.78 is 10.6. The Bertz CT molecular complexity index is 468. The molecule has 0 aliphatic heterocycles. The quantitative estimate of drug-likeness (QED) is 0.803. The summed E-state index contributed by atoms with van der Waals surface area (Å²) in [4.78, 5) is 0. The van der Waals surface area contributed by atoms with E-state index in [2.05, 4.69) is 21.1 Å². The highest BCUT2D eigenvalue weighted by Gasteiger charge is 2.06. The van der Waals surface area contributed by atoms with Gasteiger partial charge < -0.3 is 9.26 Å². The molecule has 0 N–H and O–H groups in total. The van der Waals surface area contributed by atoms with E-state index in [-0.39, 0.29) is 0 Å². The molecule has 4 heteroatoms. The van der Waals surface area contributed by atoms with E-state index >= 15 is 0 Å². The van der Waals surface area contributed by atoms with Gasteiger partial charge in [0.1, 0.15) is 17.2 Å². The van der Waals surface area contributed by atoms with Crippen LogP contribution in [0.5, 0.6) is 5.75 Å². The molecule has 1 aromatic carbocycles. The lowest BCUT2D eigenvalue weighted by atomic mass is 10.1. The fourth-order valence-electron chi connectivity index (χ4n) is 1.42. The maximum absolute atomic E-state index is 5.43. The highest BCUT2D eigenvalue weighted by molar-refractivity contribution is 9.08. The van der Waals surface area contributed by atoms with E-state index in [1.165, 1.54) is 0 Å². The number of rotatable bonds is 4. The predicted molar refractivity (Wildman–Crippen MR) is 65.7 cm³/mol. The number of nitrogens with zero attached hydrogens (tertiary/aromatic N) is 1. The maximum atomic E-state index is 5.43. The van der Waals surface area contributed by atoms with Gasteiger partial charge in [-0.25, -0.2) is 0 Å². The van der Waals surface area contributed by atoms with Gasteiger partial charge in [-0.15, -0.1) is 0 Å². The molecule has 84 valence electrons. The van der Waals surface area contributed by atoms with Gasteiger partial charge in [0.05, 0.1) is 11.9 Å². The molecule has 0 bridgehead atoms. The second-order valence-corrected chi connectivity index (χ2v) is 3.83. The van der Waals surface area contributed by atoms with E-state index in [4.69, 9.17) is 9.26 Å². The van der Waals surface area contributed by atoms with Crippen molar-refractivity contribution in [3.63, 3.8) is 0 Å². The van der Waals surface area contributed by atoms with Crippen LogP contribution in [-0.4, -0.2) is 11.8 Å². The molecule has 0 saturated heterocycles. The molecule has 3 nitrogen and oxygen atoms in total. The van der Waals surface area contributed by atoms with Crippen molar-refractivity contribution in [3.8, 4) is 17.0 Å². The minimum Gasteiger partial charge on any atom is -0.494 e. The third-order valence-corrected chi connectivity index (χ3v) is 2.68. The number of benzene rings is 1. The molecule has 2 rings (SSSR count). The van der Waals surface area contributed by atoms with Crippen molar-refractivity contribution in [3.05, 3.63) is 36.1 Å². The fourth-order valence-corrected chi connectivity index (χ4v) is 1.69. The maximum Gasteiger partial charge on any atom is 0.147 e. The Labute approximate surface area is 103 Å². The van der Waals surface area contributed by atoms with E-state index in [1.54, 1.807) is 0 Å². The first-order chi connectivity index (χ1) is 7.83. The molecule has 0 aliphatic carbocycles. The third-order valence-electron chi connectivity index (χ3n) is 2.13. The SMILES string of the molecule is CCOc1cccc(-c2cc(CBr)on2)c1. The standard InChI is InChI=1S/C12H12BrNO2/c1-2-15-10-5-3-4-9(6-10)12-7-11(8-13)16-14-12/h3-7H,2,8H2,1H3. The van der Waals surface area contributed by atoms with Crippen molar-refractivity contribution in [2.45, 2.75) is 12.3 Å². The monoisotopic (exact) mass is 281 g/mol. The van der Waals surface area contributed by atoms with Crippen LogP contribution < -0.4 is 4.74 Å². The molecule has 16 heavy (non-hydrogen) atoms. The summed E-state index contributed by atoms with van der Waals surface area (Å²) in [5.74, 6) is 1.67. The first-order valence-electron chi connectivity index (χ1n) is 5.08. The lowest BCUT2D eigenvalue weighted by Crippen LogP contribution is -1.91. The van der Waals surface area contributed by atoms with Crippen LogP contribution >= 0.6 is 15.9 Å². The van der Waals surface area contributed by atoms with Crippen LogP contribution in [0, 0.1) is 0 Å². The topological polar surface area (TPSA) is 35.3 Å². The first kappa shape index (κ1) is 11.2. The highest BCUT2D eigenvalue weighted by Crippen LogP contribution is 2.24. The van der Waals surface area contributed by atoms with Crippen molar-refractivity contribution in [2.24, 2.45) is 0 Å². The minimum absolute atomic E-state index is 0.662. The fraction of sp³-hybridized carbons (Fsp3) is 0.250. The Morgan fingerprint density at radius 1 is 1.38 bits per heavy atom. The average molecular weight is 282 g/mol. The molecule has 1 heterocycles. The van der Waals surface area contributed by atoms with Crippen molar-refractivity contribution in [1.29, 1.82) is 0 Å². The summed E-state index contributed by atoms with van der Waals surface area (Å²) in [6, 6.07) is 9.73. The number of ether oxygens (including phenoxy) is 1. The second kappa shape index (κ2) is 5.16. The van der Waals surface area contributed by atoms with Gasteiger partial charge in [0.15, 0.2) is 0 Å². The molecule has 0 spiro atoms. The number of halogens is 1. The molecule has 0 atom stereocenters. The van der Waals surface area contributed by atoms with E-state index in [9.17, 15) is 0 Å². The van der Waals surface area contributed by atoms with Gasteiger partial charge in [-0.1, -0.05) is 33.2 Å². The second-order valence-electron chi connectivity index (χ2n) is 3.27.